The highest BCUT2D eigenvalue weighted by Gasteiger charge is 2.02. The standard InChI is InChI=1S/C11H19NO2/c1-9(2)14-7-6-12-5-4-11(8-12)10(3)13/h4-5,8-10,13H,6-7H2,1-3H3. The maximum absolute atomic E-state index is 9.31. The average Bonchev–Trinajstić information content (AvgIpc) is 2.52. The lowest BCUT2D eigenvalue weighted by Gasteiger charge is -2.07. The van der Waals surface area contributed by atoms with Crippen molar-refractivity contribution in [2.45, 2.75) is 39.5 Å². The minimum Gasteiger partial charge on any atom is -0.389 e. The summed E-state index contributed by atoms with van der Waals surface area (Å²) >= 11 is 0. The predicted molar refractivity (Wildman–Crippen MR) is 56.2 cm³/mol. The van der Waals surface area contributed by atoms with Crippen LogP contribution in [0.5, 0.6) is 0 Å². The van der Waals surface area contributed by atoms with Gasteiger partial charge in [0.05, 0.1) is 18.8 Å². The fourth-order valence-electron chi connectivity index (χ4n) is 1.24. The lowest BCUT2D eigenvalue weighted by Crippen LogP contribution is -2.09. The third-order valence-electron chi connectivity index (χ3n) is 2.06. The van der Waals surface area contributed by atoms with Gasteiger partial charge in [0.2, 0.25) is 0 Å². The van der Waals surface area contributed by atoms with Gasteiger partial charge in [-0.25, -0.2) is 0 Å². The first-order chi connectivity index (χ1) is 6.59. The van der Waals surface area contributed by atoms with Gasteiger partial charge < -0.3 is 14.4 Å². The molecule has 3 nitrogen and oxygen atoms in total. The Hall–Kier alpha value is -0.800. The molecule has 0 aliphatic rings. The zero-order valence-electron chi connectivity index (χ0n) is 9.10. The summed E-state index contributed by atoms with van der Waals surface area (Å²) in [6, 6.07) is 1.93. The summed E-state index contributed by atoms with van der Waals surface area (Å²) in [5.74, 6) is 0. The Morgan fingerprint density at radius 3 is 2.64 bits per heavy atom. The van der Waals surface area contributed by atoms with E-state index in [-0.39, 0.29) is 12.2 Å². The van der Waals surface area contributed by atoms with Gasteiger partial charge in [0.1, 0.15) is 0 Å². The highest BCUT2D eigenvalue weighted by molar-refractivity contribution is 5.12. The smallest absolute Gasteiger partial charge is 0.0776 e. The molecule has 1 unspecified atom stereocenters. The van der Waals surface area contributed by atoms with E-state index in [9.17, 15) is 5.11 Å². The van der Waals surface area contributed by atoms with Crippen LogP contribution in [0.4, 0.5) is 0 Å². The van der Waals surface area contributed by atoms with Crippen molar-refractivity contribution in [3.8, 4) is 0 Å². The fraction of sp³-hybridized carbons (Fsp3) is 0.636. The van der Waals surface area contributed by atoms with Crippen LogP contribution in [0.15, 0.2) is 18.5 Å². The fourth-order valence-corrected chi connectivity index (χ4v) is 1.24. The van der Waals surface area contributed by atoms with Crippen LogP contribution >= 0.6 is 0 Å². The topological polar surface area (TPSA) is 34.4 Å². The normalized spacial score (nSPS) is 13.5. The molecular formula is C11H19NO2. The van der Waals surface area contributed by atoms with E-state index >= 15 is 0 Å². The van der Waals surface area contributed by atoms with Gasteiger partial charge in [-0.1, -0.05) is 0 Å². The molecule has 0 amide bonds. The first kappa shape index (κ1) is 11.3. The van der Waals surface area contributed by atoms with Crippen molar-refractivity contribution in [3.05, 3.63) is 24.0 Å². The van der Waals surface area contributed by atoms with Crippen molar-refractivity contribution in [1.29, 1.82) is 0 Å². The second-order valence-electron chi connectivity index (χ2n) is 3.78. The summed E-state index contributed by atoms with van der Waals surface area (Å²) in [6.07, 6.45) is 3.81. The zero-order chi connectivity index (χ0) is 10.6. The first-order valence-electron chi connectivity index (χ1n) is 5.05. The molecule has 3 heteroatoms. The van der Waals surface area contributed by atoms with E-state index in [0.717, 1.165) is 12.1 Å². The minimum absolute atomic E-state index is 0.279. The molecule has 1 aromatic rings. The van der Waals surface area contributed by atoms with Crippen LogP contribution in [0, 0.1) is 0 Å². The van der Waals surface area contributed by atoms with Gasteiger partial charge in [0, 0.05) is 18.9 Å². The molecule has 0 bridgehead atoms. The predicted octanol–water partition coefficient (Wildman–Crippen LogP) is 1.97. The monoisotopic (exact) mass is 197 g/mol. The van der Waals surface area contributed by atoms with Gasteiger partial charge in [-0.15, -0.1) is 0 Å². The highest BCUT2D eigenvalue weighted by Crippen LogP contribution is 2.11. The molecule has 0 saturated carbocycles. The maximum Gasteiger partial charge on any atom is 0.0776 e. The van der Waals surface area contributed by atoms with Gasteiger partial charge >= 0.3 is 0 Å². The third-order valence-corrected chi connectivity index (χ3v) is 2.06. The van der Waals surface area contributed by atoms with Gasteiger partial charge in [0.15, 0.2) is 0 Å². The Bertz CT molecular complexity index is 266. The number of aliphatic hydroxyl groups excluding tert-OH is 1. The molecule has 1 rings (SSSR count). The summed E-state index contributed by atoms with van der Waals surface area (Å²) < 4.78 is 7.46. The number of ether oxygens (including phenoxy) is 1. The van der Waals surface area contributed by atoms with E-state index in [1.54, 1.807) is 6.92 Å². The second kappa shape index (κ2) is 5.17. The van der Waals surface area contributed by atoms with E-state index in [0.29, 0.717) is 6.61 Å². The molecule has 0 radical (unpaired) electrons. The highest BCUT2D eigenvalue weighted by atomic mass is 16.5. The van der Waals surface area contributed by atoms with Gasteiger partial charge in [-0.2, -0.15) is 0 Å². The Morgan fingerprint density at radius 1 is 1.43 bits per heavy atom. The molecule has 0 saturated heterocycles. The SMILES string of the molecule is CC(C)OCCn1ccc(C(C)O)c1. The first-order valence-corrected chi connectivity index (χ1v) is 5.05. The maximum atomic E-state index is 9.31. The Labute approximate surface area is 85.3 Å². The molecule has 1 heterocycles. The van der Waals surface area contributed by atoms with Crippen molar-refractivity contribution in [2.24, 2.45) is 0 Å². The quantitative estimate of drug-likeness (QED) is 0.783. The molecule has 0 spiro atoms. The van der Waals surface area contributed by atoms with Gasteiger partial charge in [-0.05, 0) is 32.4 Å². The lowest BCUT2D eigenvalue weighted by atomic mass is 10.2. The molecule has 0 aliphatic heterocycles. The van der Waals surface area contributed by atoms with Gasteiger partial charge in [0.25, 0.3) is 0 Å². The number of aromatic nitrogens is 1. The van der Waals surface area contributed by atoms with Crippen LogP contribution in [0.2, 0.25) is 0 Å². The van der Waals surface area contributed by atoms with Crippen molar-refractivity contribution in [3.63, 3.8) is 0 Å². The average molecular weight is 197 g/mol. The lowest BCUT2D eigenvalue weighted by molar-refractivity contribution is 0.0727. The van der Waals surface area contributed by atoms with Crippen molar-refractivity contribution < 1.29 is 9.84 Å². The van der Waals surface area contributed by atoms with E-state index < -0.39 is 0 Å². The Morgan fingerprint density at radius 2 is 2.14 bits per heavy atom. The molecular weight excluding hydrogens is 178 g/mol. The summed E-state index contributed by atoms with van der Waals surface area (Å²) in [6.45, 7) is 7.37. The summed E-state index contributed by atoms with van der Waals surface area (Å²) in [5, 5.41) is 9.31. The molecule has 0 aliphatic carbocycles. The number of rotatable bonds is 5. The largest absolute Gasteiger partial charge is 0.389 e. The number of aliphatic hydroxyl groups is 1. The minimum atomic E-state index is -0.387. The van der Waals surface area contributed by atoms with Crippen LogP contribution < -0.4 is 0 Å². The molecule has 0 aromatic carbocycles. The summed E-state index contributed by atoms with van der Waals surface area (Å²) in [4.78, 5) is 0. The number of nitrogens with zero attached hydrogens (tertiary/aromatic N) is 1. The molecule has 1 atom stereocenters. The molecule has 0 fully saturated rings. The Balaban J connectivity index is 2.36. The van der Waals surface area contributed by atoms with E-state index in [4.69, 9.17) is 4.74 Å². The van der Waals surface area contributed by atoms with Crippen LogP contribution in [0.25, 0.3) is 0 Å². The molecule has 14 heavy (non-hydrogen) atoms. The second-order valence-corrected chi connectivity index (χ2v) is 3.78. The summed E-state index contributed by atoms with van der Waals surface area (Å²) in [7, 11) is 0. The third kappa shape index (κ3) is 3.52. The van der Waals surface area contributed by atoms with E-state index in [1.165, 1.54) is 0 Å². The van der Waals surface area contributed by atoms with Crippen LogP contribution in [-0.2, 0) is 11.3 Å². The van der Waals surface area contributed by atoms with Crippen LogP contribution in [0.3, 0.4) is 0 Å². The number of hydrogen-bond acceptors (Lipinski definition) is 2. The van der Waals surface area contributed by atoms with Crippen LogP contribution in [0.1, 0.15) is 32.4 Å². The summed E-state index contributed by atoms with van der Waals surface area (Å²) in [5.41, 5.74) is 0.953. The molecule has 80 valence electrons. The van der Waals surface area contributed by atoms with Crippen molar-refractivity contribution in [1.82, 2.24) is 4.57 Å². The van der Waals surface area contributed by atoms with E-state index in [1.807, 2.05) is 36.9 Å². The molecule has 1 N–H and O–H groups in total. The zero-order valence-corrected chi connectivity index (χ0v) is 9.10. The van der Waals surface area contributed by atoms with Crippen molar-refractivity contribution >= 4 is 0 Å². The number of hydrogen-bond donors (Lipinski definition) is 1. The van der Waals surface area contributed by atoms with Crippen LogP contribution in [-0.4, -0.2) is 22.4 Å². The molecule has 1 aromatic heterocycles. The van der Waals surface area contributed by atoms with Crippen molar-refractivity contribution in [2.75, 3.05) is 6.61 Å². The van der Waals surface area contributed by atoms with Gasteiger partial charge in [-0.3, -0.25) is 0 Å². The Kier molecular flexibility index (Phi) is 4.17. The van der Waals surface area contributed by atoms with E-state index in [2.05, 4.69) is 0 Å².